The Hall–Kier alpha value is -5.59. The number of benzene rings is 2. The Morgan fingerprint density at radius 3 is 2.36 bits per heavy atom. The predicted molar refractivity (Wildman–Crippen MR) is 190 cm³/mol. The van der Waals surface area contributed by atoms with Crippen molar-refractivity contribution >= 4 is 47.0 Å². The van der Waals surface area contributed by atoms with Crippen molar-refractivity contribution in [3.05, 3.63) is 75.9 Å². The minimum atomic E-state index is -1.02. The molecule has 0 spiro atoms. The van der Waals surface area contributed by atoms with Gasteiger partial charge >= 0.3 is 0 Å². The van der Waals surface area contributed by atoms with E-state index >= 15 is 0 Å². The summed E-state index contributed by atoms with van der Waals surface area (Å²) in [6.45, 7) is 3.95. The first-order valence-corrected chi connectivity index (χ1v) is 18.0. The van der Waals surface area contributed by atoms with Crippen LogP contribution in [0.4, 0.5) is 5.82 Å². The molecule has 2 aromatic carbocycles. The van der Waals surface area contributed by atoms with Crippen LogP contribution >= 0.6 is 11.6 Å². The van der Waals surface area contributed by atoms with E-state index in [1.165, 1.54) is 12.1 Å². The lowest BCUT2D eigenvalue weighted by atomic mass is 9.93. The monoisotopic (exact) mass is 740 g/mol. The fourth-order valence-electron chi connectivity index (χ4n) is 7.08. The number of nitriles is 1. The number of amides is 5. The average Bonchev–Trinajstić information content (AvgIpc) is 3.41. The number of carbonyl (C=O) groups excluding carboxylic acids is 5. The first-order chi connectivity index (χ1) is 25.7. The lowest BCUT2D eigenvalue weighted by Gasteiger charge is -2.35. The quantitative estimate of drug-likeness (QED) is 0.290. The number of imide groups is 2. The second-order valence-electron chi connectivity index (χ2n) is 13.4. The van der Waals surface area contributed by atoms with Crippen molar-refractivity contribution in [3.8, 4) is 17.6 Å². The maximum Gasteiger partial charge on any atom is 0.272 e. The van der Waals surface area contributed by atoms with Crippen molar-refractivity contribution in [2.45, 2.75) is 56.7 Å². The Morgan fingerprint density at radius 1 is 0.906 bits per heavy atom. The molecule has 3 aromatic rings. The summed E-state index contributed by atoms with van der Waals surface area (Å²) in [4.78, 5) is 68.1. The Labute approximate surface area is 310 Å². The maximum absolute atomic E-state index is 13.1. The second-order valence-corrected chi connectivity index (χ2v) is 13.8. The zero-order valence-corrected chi connectivity index (χ0v) is 29.5. The summed E-state index contributed by atoms with van der Waals surface area (Å²) >= 11 is 6.12. The summed E-state index contributed by atoms with van der Waals surface area (Å²) in [5.41, 5.74) is 1.05. The fraction of sp³-hybridized carbons (Fsp3) is 0.405. The SMILES string of the molecule is N#Cc1ccc(O[C@H]2CC[C@H](NC(=O)c3ccc(N4CCN(CCOc5ccc6c(c5)C(=O)N(C5CCC(=O)NC5=O)C6=O)CC4)nn3)CC2)cc1Cl. The number of anilines is 1. The number of fused-ring (bicyclic) bond motifs is 1. The van der Waals surface area contributed by atoms with Gasteiger partial charge in [0.2, 0.25) is 11.8 Å². The van der Waals surface area contributed by atoms with Gasteiger partial charge in [0.15, 0.2) is 11.5 Å². The minimum Gasteiger partial charge on any atom is -0.492 e. The molecule has 3 fully saturated rings. The Kier molecular flexibility index (Phi) is 10.5. The van der Waals surface area contributed by atoms with Gasteiger partial charge in [-0.1, -0.05) is 11.6 Å². The topological polar surface area (TPSA) is 187 Å². The number of piperidine rings is 1. The van der Waals surface area contributed by atoms with Crippen LogP contribution in [0.1, 0.15) is 75.3 Å². The fourth-order valence-corrected chi connectivity index (χ4v) is 7.30. The standard InChI is InChI=1S/C37H37ClN8O7/c38-29-20-26(4-1-22(29)21-39)53-24-5-2-23(3-6-24)40-34(48)30-9-11-32(43-42-30)45-15-13-44(14-16-45)17-18-52-25-7-8-27-28(19-25)37(51)46(36(27)50)31-10-12-33(47)41-35(31)49/h1,4,7-9,11,19-20,23-24,31H,2-3,5-6,10,12-18H2,(H,40,48)(H,41,47,49)/t23-,24-,31?. The highest BCUT2D eigenvalue weighted by atomic mass is 35.5. The molecule has 7 rings (SSSR count). The van der Waals surface area contributed by atoms with Gasteiger partial charge in [-0.2, -0.15) is 5.26 Å². The summed E-state index contributed by atoms with van der Waals surface area (Å²) in [6, 6.07) is 14.3. The number of hydrogen-bond acceptors (Lipinski definition) is 12. The maximum atomic E-state index is 13.1. The van der Waals surface area contributed by atoms with Crippen molar-refractivity contribution < 1.29 is 33.4 Å². The van der Waals surface area contributed by atoms with Gasteiger partial charge < -0.3 is 19.7 Å². The molecule has 1 atom stereocenters. The predicted octanol–water partition coefficient (Wildman–Crippen LogP) is 2.72. The molecular formula is C37H37ClN8O7. The Balaban J connectivity index is 0.822. The molecule has 4 heterocycles. The number of nitrogens with one attached hydrogen (secondary N) is 2. The summed E-state index contributed by atoms with van der Waals surface area (Å²) < 4.78 is 12.0. The van der Waals surface area contributed by atoms with E-state index in [0.717, 1.165) is 43.7 Å². The molecule has 1 unspecified atom stereocenters. The van der Waals surface area contributed by atoms with Crippen LogP contribution in [0.3, 0.4) is 0 Å². The van der Waals surface area contributed by atoms with Crippen LogP contribution in [0.2, 0.25) is 5.02 Å². The number of aromatic nitrogens is 2. The van der Waals surface area contributed by atoms with Gasteiger partial charge in [0.1, 0.15) is 30.2 Å². The first kappa shape index (κ1) is 35.8. The van der Waals surface area contributed by atoms with E-state index in [9.17, 15) is 24.0 Å². The van der Waals surface area contributed by atoms with Gasteiger partial charge in [0.05, 0.1) is 27.8 Å². The zero-order valence-electron chi connectivity index (χ0n) is 28.8. The summed E-state index contributed by atoms with van der Waals surface area (Å²) in [5, 5.41) is 23.2. The molecule has 3 aliphatic heterocycles. The lowest BCUT2D eigenvalue weighted by Crippen LogP contribution is -2.54. The lowest BCUT2D eigenvalue weighted by molar-refractivity contribution is -0.136. The number of rotatable bonds is 10. The van der Waals surface area contributed by atoms with Gasteiger partial charge in [-0.05, 0) is 74.6 Å². The van der Waals surface area contributed by atoms with E-state index in [1.54, 1.807) is 30.3 Å². The molecule has 1 aromatic heterocycles. The van der Waals surface area contributed by atoms with Gasteiger partial charge in [0, 0.05) is 51.3 Å². The highest BCUT2D eigenvalue weighted by Gasteiger charge is 2.44. The molecule has 0 bridgehead atoms. The normalized spacial score (nSPS) is 21.8. The largest absolute Gasteiger partial charge is 0.492 e. The van der Waals surface area contributed by atoms with Crippen molar-refractivity contribution in [2.24, 2.45) is 0 Å². The van der Waals surface area contributed by atoms with Crippen molar-refractivity contribution in [2.75, 3.05) is 44.2 Å². The van der Waals surface area contributed by atoms with Crippen molar-refractivity contribution in [1.29, 1.82) is 5.26 Å². The molecule has 0 radical (unpaired) electrons. The van der Waals surface area contributed by atoms with E-state index in [-0.39, 0.29) is 47.7 Å². The molecule has 16 heteroatoms. The van der Waals surface area contributed by atoms with Crippen LogP contribution in [0.25, 0.3) is 0 Å². The van der Waals surface area contributed by atoms with E-state index in [1.807, 2.05) is 12.1 Å². The van der Waals surface area contributed by atoms with Gasteiger partial charge in [-0.25, -0.2) is 0 Å². The number of piperazine rings is 1. The van der Waals surface area contributed by atoms with Crippen LogP contribution in [0.5, 0.6) is 11.5 Å². The molecule has 2 N–H and O–H groups in total. The molecule has 15 nitrogen and oxygen atoms in total. The number of hydrogen-bond donors (Lipinski definition) is 2. The highest BCUT2D eigenvalue weighted by Crippen LogP contribution is 2.31. The van der Waals surface area contributed by atoms with Gasteiger partial charge in [0.25, 0.3) is 17.7 Å². The third-order valence-electron chi connectivity index (χ3n) is 10.0. The first-order valence-electron chi connectivity index (χ1n) is 17.6. The minimum absolute atomic E-state index is 0.00517. The van der Waals surface area contributed by atoms with Crippen LogP contribution < -0.4 is 25.0 Å². The molecule has 2 saturated heterocycles. The number of ether oxygens (including phenoxy) is 2. The molecule has 5 amide bonds. The average molecular weight is 741 g/mol. The Morgan fingerprint density at radius 2 is 1.66 bits per heavy atom. The van der Waals surface area contributed by atoms with E-state index in [0.29, 0.717) is 54.1 Å². The van der Waals surface area contributed by atoms with Crippen molar-refractivity contribution in [1.82, 2.24) is 30.6 Å². The third kappa shape index (κ3) is 7.93. The molecule has 4 aliphatic rings. The molecule has 274 valence electrons. The molecule has 1 saturated carbocycles. The van der Waals surface area contributed by atoms with Crippen LogP contribution in [0.15, 0.2) is 48.5 Å². The molecule has 53 heavy (non-hydrogen) atoms. The molecular weight excluding hydrogens is 704 g/mol. The van der Waals surface area contributed by atoms with E-state index < -0.39 is 29.7 Å². The number of nitrogens with zero attached hydrogens (tertiary/aromatic N) is 6. The smallest absolute Gasteiger partial charge is 0.272 e. The number of carbonyl (C=O) groups is 5. The zero-order chi connectivity index (χ0) is 37.1. The van der Waals surface area contributed by atoms with Crippen LogP contribution in [-0.4, -0.2) is 107 Å². The highest BCUT2D eigenvalue weighted by molar-refractivity contribution is 6.31. The van der Waals surface area contributed by atoms with E-state index in [4.69, 9.17) is 26.3 Å². The van der Waals surface area contributed by atoms with Crippen LogP contribution in [-0.2, 0) is 9.59 Å². The summed E-state index contributed by atoms with van der Waals surface area (Å²) in [6.07, 6.45) is 3.24. The third-order valence-corrected chi connectivity index (χ3v) is 10.4. The van der Waals surface area contributed by atoms with Gasteiger partial charge in [-0.15, -0.1) is 10.2 Å². The van der Waals surface area contributed by atoms with Crippen molar-refractivity contribution in [3.63, 3.8) is 0 Å². The molecule has 1 aliphatic carbocycles. The van der Waals surface area contributed by atoms with Crippen LogP contribution in [0, 0.1) is 11.3 Å². The Bertz CT molecular complexity index is 1970. The second kappa shape index (κ2) is 15.6. The summed E-state index contributed by atoms with van der Waals surface area (Å²) in [7, 11) is 0. The number of halogens is 1. The van der Waals surface area contributed by atoms with E-state index in [2.05, 4.69) is 30.6 Å². The summed E-state index contributed by atoms with van der Waals surface area (Å²) in [5.74, 6) is -0.690. The van der Waals surface area contributed by atoms with Gasteiger partial charge in [-0.3, -0.25) is 39.1 Å².